The normalized spacial score (nSPS) is 11.6. The summed E-state index contributed by atoms with van der Waals surface area (Å²) in [6.07, 6.45) is 3.17. The van der Waals surface area contributed by atoms with Gasteiger partial charge >= 0.3 is 0 Å². The van der Waals surface area contributed by atoms with Crippen molar-refractivity contribution in [1.29, 1.82) is 0 Å². The molecule has 0 saturated carbocycles. The quantitative estimate of drug-likeness (QED) is 0.549. The predicted molar refractivity (Wildman–Crippen MR) is 106 cm³/mol. The number of halogens is 2. The highest BCUT2D eigenvalue weighted by Gasteiger charge is 2.12. The Labute approximate surface area is 162 Å². The number of aromatic nitrogens is 1. The number of nitrogens with zero attached hydrogens (tertiary/aromatic N) is 1. The molecule has 1 aromatic heterocycles. The smallest absolute Gasteiger partial charge is 0.240 e. The van der Waals surface area contributed by atoms with Gasteiger partial charge < -0.3 is 5.32 Å². The average Bonchev–Trinajstić information content (AvgIpc) is 2.64. The van der Waals surface area contributed by atoms with Crippen LogP contribution in [0.5, 0.6) is 0 Å². The minimum atomic E-state index is -3.61. The molecule has 0 fully saturated rings. The third-order valence-electron chi connectivity index (χ3n) is 4.04. The number of sulfonamides is 1. The van der Waals surface area contributed by atoms with E-state index in [1.165, 1.54) is 12.1 Å². The molecule has 0 atom stereocenters. The Morgan fingerprint density at radius 3 is 2.52 bits per heavy atom. The van der Waals surface area contributed by atoms with E-state index in [2.05, 4.69) is 15.0 Å². The van der Waals surface area contributed by atoms with Crippen LogP contribution in [-0.4, -0.2) is 26.5 Å². The summed E-state index contributed by atoms with van der Waals surface area (Å²) >= 11 is 5.99. The van der Waals surface area contributed by atoms with Crippen LogP contribution in [0.4, 0.5) is 10.1 Å². The number of benzene rings is 2. The molecule has 2 N–H and O–H groups in total. The number of anilines is 1. The summed E-state index contributed by atoms with van der Waals surface area (Å²) in [4.78, 5) is 4.36. The number of pyridine rings is 1. The predicted octanol–water partition coefficient (Wildman–Crippen LogP) is 4.20. The Bertz CT molecular complexity index is 1030. The highest BCUT2D eigenvalue weighted by Crippen LogP contribution is 2.24. The van der Waals surface area contributed by atoms with E-state index in [1.54, 1.807) is 6.20 Å². The first-order valence-electron chi connectivity index (χ1n) is 8.49. The van der Waals surface area contributed by atoms with Gasteiger partial charge in [0.2, 0.25) is 10.0 Å². The van der Waals surface area contributed by atoms with Crippen LogP contribution in [0, 0.1) is 5.82 Å². The van der Waals surface area contributed by atoms with Gasteiger partial charge in [-0.15, -0.1) is 0 Å². The van der Waals surface area contributed by atoms with Gasteiger partial charge in [-0.3, -0.25) is 4.98 Å². The molecule has 0 radical (unpaired) electrons. The van der Waals surface area contributed by atoms with Crippen LogP contribution in [0.3, 0.4) is 0 Å². The molecule has 8 heteroatoms. The van der Waals surface area contributed by atoms with Crippen molar-refractivity contribution in [3.8, 4) is 0 Å². The second-order valence-electron chi connectivity index (χ2n) is 6.01. The molecule has 0 spiro atoms. The number of rotatable bonds is 8. The zero-order valence-electron chi connectivity index (χ0n) is 14.5. The third kappa shape index (κ3) is 5.15. The van der Waals surface area contributed by atoms with Gasteiger partial charge in [-0.05, 0) is 61.4 Å². The highest BCUT2D eigenvalue weighted by molar-refractivity contribution is 7.89. The fourth-order valence-electron chi connectivity index (χ4n) is 2.65. The van der Waals surface area contributed by atoms with Crippen LogP contribution in [0.25, 0.3) is 10.9 Å². The summed E-state index contributed by atoms with van der Waals surface area (Å²) in [5.74, 6) is -0.467. The van der Waals surface area contributed by atoms with Gasteiger partial charge in [0.05, 0.1) is 10.4 Å². The molecule has 0 aliphatic carbocycles. The molecule has 0 unspecified atom stereocenters. The first-order valence-corrected chi connectivity index (χ1v) is 10.4. The fourth-order valence-corrected chi connectivity index (χ4v) is 3.89. The summed E-state index contributed by atoms with van der Waals surface area (Å²) < 4.78 is 39.6. The lowest BCUT2D eigenvalue weighted by molar-refractivity contribution is 0.577. The van der Waals surface area contributed by atoms with Crippen molar-refractivity contribution in [3.05, 3.63) is 65.6 Å². The summed E-state index contributed by atoms with van der Waals surface area (Å²) in [5.41, 5.74) is 1.78. The van der Waals surface area contributed by atoms with Crippen LogP contribution >= 0.6 is 11.6 Å². The van der Waals surface area contributed by atoms with E-state index in [0.29, 0.717) is 24.5 Å². The lowest BCUT2D eigenvalue weighted by Gasteiger charge is -2.10. The van der Waals surface area contributed by atoms with Gasteiger partial charge in [-0.1, -0.05) is 11.6 Å². The lowest BCUT2D eigenvalue weighted by Crippen LogP contribution is -2.25. The van der Waals surface area contributed by atoms with Gasteiger partial charge in [-0.25, -0.2) is 17.5 Å². The van der Waals surface area contributed by atoms with E-state index in [0.717, 1.165) is 35.1 Å². The largest absolute Gasteiger partial charge is 0.384 e. The number of unbranched alkanes of at least 4 members (excludes halogenated alkanes) is 1. The molecular formula is C19H19ClFN3O2S. The molecule has 3 aromatic rings. The van der Waals surface area contributed by atoms with E-state index in [9.17, 15) is 12.8 Å². The Kier molecular flexibility index (Phi) is 6.26. The van der Waals surface area contributed by atoms with Crippen molar-refractivity contribution in [2.24, 2.45) is 0 Å². The van der Waals surface area contributed by atoms with Crippen molar-refractivity contribution in [2.75, 3.05) is 18.4 Å². The maximum Gasteiger partial charge on any atom is 0.240 e. The van der Waals surface area contributed by atoms with E-state index >= 15 is 0 Å². The highest BCUT2D eigenvalue weighted by atomic mass is 35.5. The zero-order chi connectivity index (χ0) is 19.3. The lowest BCUT2D eigenvalue weighted by atomic mass is 10.2. The van der Waals surface area contributed by atoms with Crippen molar-refractivity contribution in [1.82, 2.24) is 9.71 Å². The number of fused-ring (bicyclic) bond motifs is 1. The zero-order valence-corrected chi connectivity index (χ0v) is 16.0. The summed E-state index contributed by atoms with van der Waals surface area (Å²) in [5, 5.41) is 4.97. The molecule has 27 heavy (non-hydrogen) atoms. The molecule has 0 amide bonds. The minimum absolute atomic E-state index is 0.0592. The first-order chi connectivity index (χ1) is 13.0. The SMILES string of the molecule is O=S(=O)(NCCCCNc1ccnc2cc(Cl)ccc12)c1ccc(F)cc1. The standard InChI is InChI=1S/C19H19ClFN3O2S/c20-14-3-8-17-18(9-12-23-19(17)13-14)22-10-1-2-11-24-27(25,26)16-6-4-15(21)5-7-16/h3-9,12-13,24H,1-2,10-11H2,(H,22,23). The van der Waals surface area contributed by atoms with Crippen LogP contribution in [0.15, 0.2) is 59.6 Å². The van der Waals surface area contributed by atoms with Crippen molar-refractivity contribution >= 4 is 38.2 Å². The number of hydrogen-bond acceptors (Lipinski definition) is 4. The molecule has 0 aliphatic rings. The van der Waals surface area contributed by atoms with Gasteiger partial charge in [0, 0.05) is 35.4 Å². The molecule has 3 rings (SSSR count). The van der Waals surface area contributed by atoms with Crippen molar-refractivity contribution in [2.45, 2.75) is 17.7 Å². The molecule has 1 heterocycles. The Morgan fingerprint density at radius 2 is 1.74 bits per heavy atom. The molecule has 5 nitrogen and oxygen atoms in total. The number of hydrogen-bond donors (Lipinski definition) is 2. The Morgan fingerprint density at radius 1 is 1.00 bits per heavy atom. The monoisotopic (exact) mass is 407 g/mol. The molecule has 0 aliphatic heterocycles. The van der Waals surface area contributed by atoms with E-state index in [-0.39, 0.29) is 4.90 Å². The first kappa shape index (κ1) is 19.5. The molecule has 0 bridgehead atoms. The molecule has 142 valence electrons. The van der Waals surface area contributed by atoms with Crippen LogP contribution in [0.2, 0.25) is 5.02 Å². The topological polar surface area (TPSA) is 71.1 Å². The number of nitrogens with one attached hydrogen (secondary N) is 2. The van der Waals surface area contributed by atoms with Gasteiger partial charge in [0.15, 0.2) is 0 Å². The fraction of sp³-hybridized carbons (Fsp3) is 0.211. The molecular weight excluding hydrogens is 389 g/mol. The van der Waals surface area contributed by atoms with Crippen LogP contribution < -0.4 is 10.0 Å². The minimum Gasteiger partial charge on any atom is -0.384 e. The maximum atomic E-state index is 12.9. The van der Waals surface area contributed by atoms with E-state index in [4.69, 9.17) is 11.6 Å². The average molecular weight is 408 g/mol. The maximum absolute atomic E-state index is 12.9. The van der Waals surface area contributed by atoms with Crippen molar-refractivity contribution in [3.63, 3.8) is 0 Å². The van der Waals surface area contributed by atoms with Crippen LogP contribution in [-0.2, 0) is 10.0 Å². The van der Waals surface area contributed by atoms with E-state index < -0.39 is 15.8 Å². The van der Waals surface area contributed by atoms with Gasteiger partial charge in [0.1, 0.15) is 5.82 Å². The Balaban J connectivity index is 1.47. The van der Waals surface area contributed by atoms with Crippen molar-refractivity contribution < 1.29 is 12.8 Å². The molecule has 2 aromatic carbocycles. The third-order valence-corrected chi connectivity index (χ3v) is 5.75. The van der Waals surface area contributed by atoms with Gasteiger partial charge in [-0.2, -0.15) is 0 Å². The summed E-state index contributed by atoms with van der Waals surface area (Å²) in [6, 6.07) is 12.2. The Hall–Kier alpha value is -2.22. The van der Waals surface area contributed by atoms with Gasteiger partial charge in [0.25, 0.3) is 0 Å². The molecule has 0 saturated heterocycles. The van der Waals surface area contributed by atoms with E-state index in [1.807, 2.05) is 24.3 Å². The second-order valence-corrected chi connectivity index (χ2v) is 8.21. The van der Waals surface area contributed by atoms with Crippen LogP contribution in [0.1, 0.15) is 12.8 Å². The summed E-state index contributed by atoms with van der Waals surface area (Å²) in [6.45, 7) is 1.01. The summed E-state index contributed by atoms with van der Waals surface area (Å²) in [7, 11) is -3.61. The second kappa shape index (κ2) is 8.65.